The van der Waals surface area contributed by atoms with E-state index in [1.165, 1.54) is 19.3 Å². The summed E-state index contributed by atoms with van der Waals surface area (Å²) in [6, 6.07) is 6.09. The molecule has 11 heteroatoms. The molecule has 1 aromatic heterocycles. The smallest absolute Gasteiger partial charge is 0.233 e. The Morgan fingerprint density at radius 2 is 1.74 bits per heavy atom. The number of nitrogens with two attached hydrogens (primary N) is 1. The van der Waals surface area contributed by atoms with Gasteiger partial charge in [-0.05, 0) is 25.0 Å². The van der Waals surface area contributed by atoms with Gasteiger partial charge in [0.2, 0.25) is 24.6 Å². The van der Waals surface area contributed by atoms with Crippen LogP contribution >= 0.6 is 0 Å². The molecule has 11 nitrogen and oxygen atoms in total. The minimum Gasteiger partial charge on any atom is -0.454 e. The second-order valence-electron chi connectivity index (χ2n) is 8.32. The maximum absolute atomic E-state index is 5.59. The third kappa shape index (κ3) is 6.81. The van der Waals surface area contributed by atoms with Crippen LogP contribution < -0.4 is 30.7 Å². The van der Waals surface area contributed by atoms with Crippen molar-refractivity contribution in [3.63, 3.8) is 0 Å². The van der Waals surface area contributed by atoms with Crippen molar-refractivity contribution < 1.29 is 18.9 Å². The molecule has 0 radical (unpaired) electrons. The summed E-state index contributed by atoms with van der Waals surface area (Å²) in [7, 11) is 2.06. The van der Waals surface area contributed by atoms with Crippen LogP contribution in [0.5, 0.6) is 11.5 Å². The van der Waals surface area contributed by atoms with E-state index in [0.29, 0.717) is 69.2 Å². The van der Waals surface area contributed by atoms with Gasteiger partial charge in [0, 0.05) is 37.9 Å². The van der Waals surface area contributed by atoms with E-state index in [9.17, 15) is 0 Å². The molecule has 0 amide bonds. The average molecular weight is 474 g/mol. The van der Waals surface area contributed by atoms with Crippen molar-refractivity contribution in [2.75, 3.05) is 68.9 Å². The molecule has 34 heavy (non-hydrogen) atoms. The highest BCUT2D eigenvalue weighted by molar-refractivity contribution is 5.61. The van der Waals surface area contributed by atoms with E-state index in [0.717, 1.165) is 24.3 Å². The van der Waals surface area contributed by atoms with Crippen molar-refractivity contribution in [2.24, 2.45) is 5.73 Å². The Morgan fingerprint density at radius 3 is 2.56 bits per heavy atom. The SMILES string of the molecule is CN(c1nc(NCCOCCOCCN)nc(Nc2ccc3c(c2)OCO3)n1)C1CCCCC1. The molecular weight excluding hydrogens is 438 g/mol. The van der Waals surface area contributed by atoms with Crippen LogP contribution in [0.2, 0.25) is 0 Å². The number of hydrogen-bond donors (Lipinski definition) is 3. The Bertz CT molecular complexity index is 911. The van der Waals surface area contributed by atoms with Crippen LogP contribution in [0.4, 0.5) is 23.5 Å². The third-order valence-electron chi connectivity index (χ3n) is 5.85. The number of ether oxygens (including phenoxy) is 4. The molecule has 0 saturated heterocycles. The molecule has 0 spiro atoms. The Kier molecular flexibility index (Phi) is 8.94. The normalized spacial score (nSPS) is 15.4. The number of aromatic nitrogens is 3. The number of benzene rings is 1. The van der Waals surface area contributed by atoms with Crippen LogP contribution in [0.3, 0.4) is 0 Å². The Balaban J connectivity index is 1.41. The minimum absolute atomic E-state index is 0.232. The van der Waals surface area contributed by atoms with Crippen LogP contribution in [0.25, 0.3) is 0 Å². The zero-order chi connectivity index (χ0) is 23.6. The molecule has 1 saturated carbocycles. The van der Waals surface area contributed by atoms with Crippen molar-refractivity contribution in [3.8, 4) is 11.5 Å². The molecule has 2 aliphatic rings. The van der Waals surface area contributed by atoms with Crippen LogP contribution in [0, 0.1) is 0 Å². The lowest BCUT2D eigenvalue weighted by atomic mass is 9.95. The van der Waals surface area contributed by atoms with E-state index in [4.69, 9.17) is 29.7 Å². The van der Waals surface area contributed by atoms with Crippen molar-refractivity contribution in [1.29, 1.82) is 0 Å². The van der Waals surface area contributed by atoms with Gasteiger partial charge in [0.15, 0.2) is 11.5 Å². The van der Waals surface area contributed by atoms with Crippen molar-refractivity contribution >= 4 is 23.5 Å². The van der Waals surface area contributed by atoms with Gasteiger partial charge in [0.25, 0.3) is 0 Å². The summed E-state index contributed by atoms with van der Waals surface area (Å²) >= 11 is 0. The summed E-state index contributed by atoms with van der Waals surface area (Å²) in [4.78, 5) is 16.1. The Hall–Kier alpha value is -2.89. The topological polar surface area (TPSA) is 129 Å². The lowest BCUT2D eigenvalue weighted by molar-refractivity contribution is 0.0547. The average Bonchev–Trinajstić information content (AvgIpc) is 3.33. The number of rotatable bonds is 13. The molecule has 1 aromatic carbocycles. The Morgan fingerprint density at radius 1 is 0.971 bits per heavy atom. The molecule has 4 rings (SSSR count). The van der Waals surface area contributed by atoms with E-state index in [1.54, 1.807) is 0 Å². The summed E-state index contributed by atoms with van der Waals surface area (Å²) in [5.74, 6) is 3.03. The Labute approximate surface area is 200 Å². The fourth-order valence-electron chi connectivity index (χ4n) is 4.03. The fourth-order valence-corrected chi connectivity index (χ4v) is 4.03. The summed E-state index contributed by atoms with van der Waals surface area (Å²) in [5.41, 5.74) is 6.22. The van der Waals surface area contributed by atoms with E-state index in [1.807, 2.05) is 18.2 Å². The number of anilines is 4. The molecule has 2 heterocycles. The maximum Gasteiger partial charge on any atom is 0.233 e. The predicted molar refractivity (Wildman–Crippen MR) is 130 cm³/mol. The molecular formula is C23H35N7O4. The molecule has 0 bridgehead atoms. The minimum atomic E-state index is 0.232. The first-order valence-corrected chi connectivity index (χ1v) is 12.0. The predicted octanol–water partition coefficient (Wildman–Crippen LogP) is 2.52. The molecule has 1 fully saturated rings. The molecule has 186 valence electrons. The van der Waals surface area contributed by atoms with Gasteiger partial charge in [-0.1, -0.05) is 19.3 Å². The van der Waals surface area contributed by atoms with E-state index in [2.05, 4.69) is 32.5 Å². The second-order valence-corrected chi connectivity index (χ2v) is 8.32. The summed E-state index contributed by atoms with van der Waals surface area (Å²) in [6.45, 7) is 3.42. The summed E-state index contributed by atoms with van der Waals surface area (Å²) < 4.78 is 21.8. The third-order valence-corrected chi connectivity index (χ3v) is 5.85. The first-order chi connectivity index (χ1) is 16.7. The second kappa shape index (κ2) is 12.5. The van der Waals surface area contributed by atoms with Gasteiger partial charge >= 0.3 is 0 Å². The number of fused-ring (bicyclic) bond motifs is 1. The molecule has 2 aromatic rings. The van der Waals surface area contributed by atoms with Gasteiger partial charge in [0.1, 0.15) is 0 Å². The first-order valence-electron chi connectivity index (χ1n) is 12.0. The largest absolute Gasteiger partial charge is 0.454 e. The lowest BCUT2D eigenvalue weighted by Crippen LogP contribution is -2.35. The van der Waals surface area contributed by atoms with Gasteiger partial charge in [0.05, 0.1) is 26.4 Å². The van der Waals surface area contributed by atoms with Crippen molar-refractivity contribution in [2.45, 2.75) is 38.1 Å². The lowest BCUT2D eigenvalue weighted by Gasteiger charge is -2.31. The van der Waals surface area contributed by atoms with Gasteiger partial charge in [-0.2, -0.15) is 15.0 Å². The van der Waals surface area contributed by atoms with Gasteiger partial charge in [-0.15, -0.1) is 0 Å². The zero-order valence-electron chi connectivity index (χ0n) is 19.8. The van der Waals surface area contributed by atoms with Crippen molar-refractivity contribution in [1.82, 2.24) is 15.0 Å². The van der Waals surface area contributed by atoms with E-state index >= 15 is 0 Å². The van der Waals surface area contributed by atoms with Crippen LogP contribution in [-0.2, 0) is 9.47 Å². The van der Waals surface area contributed by atoms with E-state index < -0.39 is 0 Å². The first kappa shape index (κ1) is 24.2. The summed E-state index contributed by atoms with van der Waals surface area (Å²) in [6.07, 6.45) is 6.06. The van der Waals surface area contributed by atoms with Gasteiger partial charge in [-0.3, -0.25) is 0 Å². The number of nitrogens with zero attached hydrogens (tertiary/aromatic N) is 4. The van der Waals surface area contributed by atoms with Crippen LogP contribution in [-0.4, -0.2) is 74.4 Å². The van der Waals surface area contributed by atoms with Crippen molar-refractivity contribution in [3.05, 3.63) is 18.2 Å². The highest BCUT2D eigenvalue weighted by Crippen LogP contribution is 2.35. The summed E-state index contributed by atoms with van der Waals surface area (Å²) in [5, 5.41) is 6.53. The number of hydrogen-bond acceptors (Lipinski definition) is 11. The van der Waals surface area contributed by atoms with Gasteiger partial charge < -0.3 is 40.2 Å². The molecule has 0 atom stereocenters. The zero-order valence-corrected chi connectivity index (χ0v) is 19.8. The maximum atomic E-state index is 5.59. The standard InChI is InChI=1S/C23H35N7O4/c1-30(18-5-3-2-4-6-18)23-28-21(25-10-12-32-14-13-31-11-9-24)27-22(29-23)26-17-7-8-19-20(15-17)34-16-33-19/h7-8,15,18H,2-6,9-14,16,24H2,1H3,(H2,25,26,27,28,29). The van der Waals surface area contributed by atoms with Crippen LogP contribution in [0.1, 0.15) is 32.1 Å². The fraction of sp³-hybridized carbons (Fsp3) is 0.609. The van der Waals surface area contributed by atoms with Gasteiger partial charge in [-0.25, -0.2) is 0 Å². The monoisotopic (exact) mass is 473 g/mol. The van der Waals surface area contributed by atoms with E-state index in [-0.39, 0.29) is 6.79 Å². The molecule has 0 unspecified atom stereocenters. The quantitative estimate of drug-likeness (QED) is 0.371. The van der Waals surface area contributed by atoms with Crippen LogP contribution in [0.15, 0.2) is 18.2 Å². The highest BCUT2D eigenvalue weighted by Gasteiger charge is 2.22. The molecule has 4 N–H and O–H groups in total. The molecule has 1 aliphatic heterocycles. The highest BCUT2D eigenvalue weighted by atomic mass is 16.7. The number of nitrogens with one attached hydrogen (secondary N) is 2. The molecule has 1 aliphatic carbocycles.